The fraction of sp³-hybridized carbons (Fsp3) is 0.333. The van der Waals surface area contributed by atoms with Crippen LogP contribution in [0.15, 0.2) is 42.5 Å². The summed E-state index contributed by atoms with van der Waals surface area (Å²) >= 11 is 0. The van der Waals surface area contributed by atoms with Gasteiger partial charge in [-0.1, -0.05) is 32.9 Å². The van der Waals surface area contributed by atoms with Gasteiger partial charge >= 0.3 is 0 Å². The number of amides is 2. The van der Waals surface area contributed by atoms with Crippen LogP contribution in [-0.2, 0) is 11.3 Å². The predicted octanol–water partition coefficient (Wildman–Crippen LogP) is 2.35. The van der Waals surface area contributed by atoms with Crippen LogP contribution in [0, 0.1) is 22.6 Å². The number of hydrogen-bond acceptors (Lipinski definition) is 5. The van der Waals surface area contributed by atoms with E-state index in [1.165, 1.54) is 22.9 Å². The van der Waals surface area contributed by atoms with Crippen molar-refractivity contribution in [2.75, 3.05) is 13.2 Å². The number of aliphatic hydroxyl groups excluding tert-OH is 1. The van der Waals surface area contributed by atoms with Gasteiger partial charge in [0.1, 0.15) is 11.9 Å². The topological polar surface area (TPSA) is 120 Å². The van der Waals surface area contributed by atoms with Gasteiger partial charge in [0.05, 0.1) is 30.3 Å². The highest BCUT2D eigenvalue weighted by molar-refractivity contribution is 6.06. The molecule has 0 fully saturated rings. The summed E-state index contributed by atoms with van der Waals surface area (Å²) in [5.41, 5.74) is 1.24. The van der Waals surface area contributed by atoms with Gasteiger partial charge in [0, 0.05) is 11.9 Å². The van der Waals surface area contributed by atoms with E-state index in [-0.39, 0.29) is 25.4 Å². The summed E-state index contributed by atoms with van der Waals surface area (Å²) in [6.45, 7) is 5.56. The second-order valence-electron chi connectivity index (χ2n) is 8.76. The second kappa shape index (κ2) is 9.79. The number of rotatable bonds is 7. The molecule has 0 unspecified atom stereocenters. The summed E-state index contributed by atoms with van der Waals surface area (Å²) in [4.78, 5) is 25.8. The molecule has 3 aromatic rings. The number of fused-ring (bicyclic) bond motifs is 1. The van der Waals surface area contributed by atoms with Gasteiger partial charge < -0.3 is 15.7 Å². The maximum atomic E-state index is 14.0. The molecule has 0 aliphatic heterocycles. The summed E-state index contributed by atoms with van der Waals surface area (Å²) in [6, 6.07) is 12.1. The first kappa shape index (κ1) is 23.9. The Balaban J connectivity index is 1.95. The molecule has 8 nitrogen and oxygen atoms in total. The van der Waals surface area contributed by atoms with Crippen LogP contribution in [0.4, 0.5) is 4.39 Å². The first-order valence-corrected chi connectivity index (χ1v) is 10.5. The van der Waals surface area contributed by atoms with Crippen LogP contribution in [0.2, 0.25) is 0 Å². The number of nitrogens with one attached hydrogen (secondary N) is 2. The minimum absolute atomic E-state index is 0.0721. The number of halogens is 1. The Kier molecular flexibility index (Phi) is 7.09. The third-order valence-corrected chi connectivity index (χ3v) is 5.16. The lowest BCUT2D eigenvalue weighted by molar-refractivity contribution is -0.125. The Bertz CT molecular complexity index is 1210. The van der Waals surface area contributed by atoms with Gasteiger partial charge in [0.25, 0.3) is 5.91 Å². The average molecular weight is 452 g/mol. The number of nitrogens with zero attached hydrogens (tertiary/aromatic N) is 3. The van der Waals surface area contributed by atoms with Crippen LogP contribution in [0.25, 0.3) is 10.9 Å². The molecule has 0 radical (unpaired) electrons. The monoisotopic (exact) mass is 451 g/mol. The van der Waals surface area contributed by atoms with Crippen molar-refractivity contribution in [2.24, 2.45) is 5.41 Å². The minimum Gasteiger partial charge on any atom is -0.395 e. The molecule has 3 N–H and O–H groups in total. The first-order chi connectivity index (χ1) is 15.6. The van der Waals surface area contributed by atoms with E-state index in [1.54, 1.807) is 24.3 Å². The lowest BCUT2D eigenvalue weighted by Crippen LogP contribution is -2.54. The van der Waals surface area contributed by atoms with Crippen molar-refractivity contribution in [1.29, 1.82) is 5.26 Å². The molecule has 0 saturated heterocycles. The van der Waals surface area contributed by atoms with Gasteiger partial charge in [-0.05, 0) is 41.3 Å². The molecule has 0 saturated carbocycles. The molecule has 9 heteroatoms. The van der Waals surface area contributed by atoms with E-state index >= 15 is 0 Å². The van der Waals surface area contributed by atoms with Crippen LogP contribution in [-0.4, -0.2) is 45.9 Å². The number of aliphatic hydroxyl groups is 1. The van der Waals surface area contributed by atoms with E-state index in [4.69, 9.17) is 10.4 Å². The van der Waals surface area contributed by atoms with Gasteiger partial charge in [-0.15, -0.1) is 0 Å². The zero-order valence-electron chi connectivity index (χ0n) is 18.7. The van der Waals surface area contributed by atoms with E-state index in [0.29, 0.717) is 16.5 Å². The fourth-order valence-corrected chi connectivity index (χ4v) is 3.45. The average Bonchev–Trinajstić information content (AvgIpc) is 3.12. The molecule has 172 valence electrons. The summed E-state index contributed by atoms with van der Waals surface area (Å²) in [5.74, 6) is -1.45. The Morgan fingerprint density at radius 2 is 1.91 bits per heavy atom. The molecule has 0 aliphatic rings. The maximum absolute atomic E-state index is 14.0. The number of carbonyl (C=O) groups is 2. The number of nitriles is 1. The maximum Gasteiger partial charge on any atom is 0.273 e. The SMILES string of the molecule is CC(C)(C)[C@H](NC(=O)c1nn(Cc2ccc(C#N)cc2)c2cc(F)ccc12)C(=O)NCCO. The molecular weight excluding hydrogens is 425 g/mol. The Morgan fingerprint density at radius 3 is 2.52 bits per heavy atom. The molecule has 0 bridgehead atoms. The largest absolute Gasteiger partial charge is 0.395 e. The molecule has 0 aliphatic carbocycles. The molecule has 1 aromatic heterocycles. The Labute approximate surface area is 191 Å². The number of benzene rings is 2. The van der Waals surface area contributed by atoms with E-state index in [1.807, 2.05) is 20.8 Å². The van der Waals surface area contributed by atoms with Crippen molar-refractivity contribution in [3.63, 3.8) is 0 Å². The lowest BCUT2D eigenvalue weighted by atomic mass is 9.86. The summed E-state index contributed by atoms with van der Waals surface area (Å²) in [6.07, 6.45) is 0. The van der Waals surface area contributed by atoms with Gasteiger partial charge in [0.15, 0.2) is 5.69 Å². The summed E-state index contributed by atoms with van der Waals surface area (Å²) in [7, 11) is 0. The van der Waals surface area contributed by atoms with E-state index in [9.17, 15) is 14.0 Å². The van der Waals surface area contributed by atoms with Crippen LogP contribution in [0.1, 0.15) is 42.4 Å². The van der Waals surface area contributed by atoms with Crippen molar-refractivity contribution in [2.45, 2.75) is 33.4 Å². The Morgan fingerprint density at radius 1 is 1.21 bits per heavy atom. The smallest absolute Gasteiger partial charge is 0.273 e. The van der Waals surface area contributed by atoms with E-state index in [0.717, 1.165) is 5.56 Å². The highest BCUT2D eigenvalue weighted by Crippen LogP contribution is 2.24. The van der Waals surface area contributed by atoms with Crippen molar-refractivity contribution in [3.05, 3.63) is 65.1 Å². The number of aromatic nitrogens is 2. The molecule has 0 spiro atoms. The quantitative estimate of drug-likeness (QED) is 0.509. The second-order valence-corrected chi connectivity index (χ2v) is 8.76. The molecule has 1 atom stereocenters. The Hall–Kier alpha value is -3.77. The van der Waals surface area contributed by atoms with E-state index in [2.05, 4.69) is 21.8 Å². The number of carbonyl (C=O) groups excluding carboxylic acids is 2. The molecule has 3 rings (SSSR count). The molecule has 2 amide bonds. The van der Waals surface area contributed by atoms with Gasteiger partial charge in [-0.25, -0.2) is 4.39 Å². The predicted molar refractivity (Wildman–Crippen MR) is 121 cm³/mol. The normalized spacial score (nSPS) is 12.2. The summed E-state index contributed by atoms with van der Waals surface area (Å²) < 4.78 is 15.5. The highest BCUT2D eigenvalue weighted by Gasteiger charge is 2.34. The van der Waals surface area contributed by atoms with Crippen molar-refractivity contribution in [1.82, 2.24) is 20.4 Å². The fourth-order valence-electron chi connectivity index (χ4n) is 3.45. The van der Waals surface area contributed by atoms with Crippen LogP contribution in [0.5, 0.6) is 0 Å². The molecule has 2 aromatic carbocycles. The van der Waals surface area contributed by atoms with Gasteiger partial charge in [0.2, 0.25) is 5.91 Å². The third-order valence-electron chi connectivity index (χ3n) is 5.16. The summed E-state index contributed by atoms with van der Waals surface area (Å²) in [5, 5.41) is 28.2. The molecule has 33 heavy (non-hydrogen) atoms. The van der Waals surface area contributed by atoms with Gasteiger partial charge in [-0.2, -0.15) is 10.4 Å². The highest BCUT2D eigenvalue weighted by atomic mass is 19.1. The molecular formula is C24H26FN5O3. The van der Waals surface area contributed by atoms with Crippen molar-refractivity contribution < 1.29 is 19.1 Å². The van der Waals surface area contributed by atoms with E-state index < -0.39 is 29.1 Å². The minimum atomic E-state index is -0.879. The van der Waals surface area contributed by atoms with Crippen LogP contribution >= 0.6 is 0 Å². The zero-order chi connectivity index (χ0) is 24.2. The van der Waals surface area contributed by atoms with Crippen molar-refractivity contribution in [3.8, 4) is 6.07 Å². The number of hydrogen-bond donors (Lipinski definition) is 3. The third kappa shape index (κ3) is 5.54. The first-order valence-electron chi connectivity index (χ1n) is 10.5. The zero-order valence-corrected chi connectivity index (χ0v) is 18.7. The van der Waals surface area contributed by atoms with Crippen LogP contribution in [0.3, 0.4) is 0 Å². The van der Waals surface area contributed by atoms with Gasteiger partial charge in [-0.3, -0.25) is 14.3 Å². The van der Waals surface area contributed by atoms with Crippen LogP contribution < -0.4 is 10.6 Å². The van der Waals surface area contributed by atoms with Crippen molar-refractivity contribution >= 4 is 22.7 Å². The molecule has 1 heterocycles. The standard InChI is InChI=1S/C24H26FN5O3/c1-24(2,3)21(23(33)27-10-11-31)28-22(32)20-18-9-8-17(25)12-19(18)30(29-20)14-16-6-4-15(13-26)5-7-16/h4-9,12,21,31H,10-11,14H2,1-3H3,(H,27,33)(H,28,32)/t21-/m1/s1. The lowest BCUT2D eigenvalue weighted by Gasteiger charge is -2.30.